The van der Waals surface area contributed by atoms with E-state index in [1.165, 1.54) is 30.0 Å². The third-order valence-electron chi connectivity index (χ3n) is 3.87. The van der Waals surface area contributed by atoms with Crippen molar-refractivity contribution in [3.8, 4) is 0 Å². The summed E-state index contributed by atoms with van der Waals surface area (Å²) in [6.45, 7) is 3.25. The maximum Gasteiger partial charge on any atom is 0.257 e. The van der Waals surface area contributed by atoms with E-state index < -0.39 is 5.25 Å². The largest absolute Gasteiger partial charge is 0.325 e. The molecular formula is C20H18N4O3S2. The van der Waals surface area contributed by atoms with Gasteiger partial charge >= 0.3 is 0 Å². The first-order valence-electron chi connectivity index (χ1n) is 8.71. The first kappa shape index (κ1) is 20.7. The van der Waals surface area contributed by atoms with Gasteiger partial charge in [-0.25, -0.2) is 0 Å². The Morgan fingerprint density at radius 1 is 0.931 bits per heavy atom. The van der Waals surface area contributed by atoms with Crippen molar-refractivity contribution < 1.29 is 14.4 Å². The fourth-order valence-corrected chi connectivity index (χ4v) is 4.19. The molecule has 0 radical (unpaired) electrons. The maximum atomic E-state index is 12.4. The molecule has 2 N–H and O–H groups in total. The molecule has 3 rings (SSSR count). The van der Waals surface area contributed by atoms with Crippen LogP contribution in [0.15, 0.2) is 58.9 Å². The molecule has 29 heavy (non-hydrogen) atoms. The number of anilines is 2. The molecule has 1 atom stereocenters. The number of hydrogen-bond acceptors (Lipinski definition) is 7. The predicted molar refractivity (Wildman–Crippen MR) is 115 cm³/mol. The van der Waals surface area contributed by atoms with Crippen molar-refractivity contribution in [2.45, 2.75) is 23.4 Å². The molecule has 2 amide bonds. The zero-order chi connectivity index (χ0) is 20.8. The molecule has 2 aromatic carbocycles. The number of Topliss-reactive ketones (excluding diaryl/α,β-unsaturated/α-hetero) is 1. The molecule has 0 fully saturated rings. The van der Waals surface area contributed by atoms with Gasteiger partial charge < -0.3 is 5.32 Å². The fraction of sp³-hybridized carbons (Fsp3) is 0.150. The third kappa shape index (κ3) is 5.72. The maximum absolute atomic E-state index is 12.4. The Kier molecular flexibility index (Phi) is 6.73. The summed E-state index contributed by atoms with van der Waals surface area (Å²) in [5.74, 6) is -0.494. The van der Waals surface area contributed by atoms with Crippen LogP contribution in [-0.4, -0.2) is 33.0 Å². The van der Waals surface area contributed by atoms with Crippen molar-refractivity contribution in [1.29, 1.82) is 0 Å². The predicted octanol–water partition coefficient (Wildman–Crippen LogP) is 4.11. The van der Waals surface area contributed by atoms with E-state index in [1.807, 2.05) is 6.07 Å². The van der Waals surface area contributed by atoms with Gasteiger partial charge in [-0.2, -0.15) is 0 Å². The van der Waals surface area contributed by atoms with E-state index >= 15 is 0 Å². The van der Waals surface area contributed by atoms with Crippen LogP contribution in [0.5, 0.6) is 0 Å². The van der Waals surface area contributed by atoms with Crippen molar-refractivity contribution in [2.24, 2.45) is 0 Å². The Morgan fingerprint density at radius 3 is 2.28 bits per heavy atom. The van der Waals surface area contributed by atoms with Gasteiger partial charge in [-0.3, -0.25) is 19.7 Å². The number of nitrogens with zero attached hydrogens (tertiary/aromatic N) is 2. The van der Waals surface area contributed by atoms with Crippen LogP contribution >= 0.6 is 23.1 Å². The Bertz CT molecular complexity index is 1020. The lowest BCUT2D eigenvalue weighted by molar-refractivity contribution is -0.115. The van der Waals surface area contributed by atoms with Crippen molar-refractivity contribution in [1.82, 2.24) is 10.2 Å². The fourth-order valence-electron chi connectivity index (χ4n) is 2.30. The molecule has 1 aromatic heterocycles. The smallest absolute Gasteiger partial charge is 0.257 e. The quantitative estimate of drug-likeness (QED) is 0.335. The second-order valence-corrected chi connectivity index (χ2v) is 8.64. The minimum absolute atomic E-state index is 0.0294. The summed E-state index contributed by atoms with van der Waals surface area (Å²) in [6, 6.07) is 15.5. The summed E-state index contributed by atoms with van der Waals surface area (Å²) in [5, 5.41) is 13.4. The average Bonchev–Trinajstić information content (AvgIpc) is 3.15. The number of hydrogen-bond donors (Lipinski definition) is 2. The zero-order valence-corrected chi connectivity index (χ0v) is 17.3. The van der Waals surface area contributed by atoms with Gasteiger partial charge in [-0.15, -0.1) is 10.2 Å². The van der Waals surface area contributed by atoms with Gasteiger partial charge in [0.2, 0.25) is 11.0 Å². The molecule has 0 saturated carbocycles. The van der Waals surface area contributed by atoms with Crippen molar-refractivity contribution in [2.75, 3.05) is 10.6 Å². The van der Waals surface area contributed by atoms with Gasteiger partial charge in [0.15, 0.2) is 10.1 Å². The lowest BCUT2D eigenvalue weighted by Crippen LogP contribution is -2.22. The van der Waals surface area contributed by atoms with Crippen LogP contribution in [-0.2, 0) is 4.79 Å². The topological polar surface area (TPSA) is 101 Å². The summed E-state index contributed by atoms with van der Waals surface area (Å²) in [6.07, 6.45) is 0. The monoisotopic (exact) mass is 426 g/mol. The molecule has 3 aromatic rings. The van der Waals surface area contributed by atoms with Crippen LogP contribution < -0.4 is 10.6 Å². The van der Waals surface area contributed by atoms with Gasteiger partial charge in [0, 0.05) is 16.8 Å². The Morgan fingerprint density at radius 2 is 1.62 bits per heavy atom. The molecule has 0 unspecified atom stereocenters. The van der Waals surface area contributed by atoms with Crippen LogP contribution in [0, 0.1) is 0 Å². The summed E-state index contributed by atoms with van der Waals surface area (Å²) in [4.78, 5) is 35.9. The van der Waals surface area contributed by atoms with Crippen LogP contribution in [0.1, 0.15) is 34.6 Å². The summed E-state index contributed by atoms with van der Waals surface area (Å²) in [5.41, 5.74) is 1.73. The number of rotatable bonds is 7. The minimum Gasteiger partial charge on any atom is -0.325 e. The molecule has 0 aliphatic heterocycles. The molecule has 148 valence electrons. The Hall–Kier alpha value is -3.04. The van der Waals surface area contributed by atoms with Gasteiger partial charge in [0.1, 0.15) is 0 Å². The molecular weight excluding hydrogens is 408 g/mol. The summed E-state index contributed by atoms with van der Waals surface area (Å²) in [7, 11) is 0. The molecule has 0 spiro atoms. The highest BCUT2D eigenvalue weighted by molar-refractivity contribution is 8.02. The second kappa shape index (κ2) is 9.44. The van der Waals surface area contributed by atoms with Gasteiger partial charge in [0.25, 0.3) is 5.91 Å². The number of nitrogens with one attached hydrogen (secondary N) is 2. The van der Waals surface area contributed by atoms with E-state index in [4.69, 9.17) is 0 Å². The lowest BCUT2D eigenvalue weighted by Gasteiger charge is -2.10. The van der Waals surface area contributed by atoms with Crippen LogP contribution in [0.2, 0.25) is 0 Å². The van der Waals surface area contributed by atoms with E-state index in [-0.39, 0.29) is 17.6 Å². The van der Waals surface area contributed by atoms with E-state index in [0.717, 1.165) is 0 Å². The van der Waals surface area contributed by atoms with Crippen LogP contribution in [0.25, 0.3) is 0 Å². The normalized spacial score (nSPS) is 11.5. The highest BCUT2D eigenvalue weighted by Gasteiger charge is 2.18. The number of carbonyl (C=O) groups excluding carboxylic acids is 3. The summed E-state index contributed by atoms with van der Waals surface area (Å²) < 4.78 is 0.572. The number of aromatic nitrogens is 2. The highest BCUT2D eigenvalue weighted by Crippen LogP contribution is 2.29. The van der Waals surface area contributed by atoms with Crippen LogP contribution in [0.4, 0.5) is 10.8 Å². The molecule has 0 bridgehead atoms. The number of ketones is 1. The lowest BCUT2D eigenvalue weighted by atomic mass is 10.1. The second-order valence-electron chi connectivity index (χ2n) is 6.08. The van der Waals surface area contributed by atoms with Gasteiger partial charge in [0.05, 0.1) is 5.25 Å². The number of carbonyl (C=O) groups is 3. The Labute approximate surface area is 175 Å². The zero-order valence-electron chi connectivity index (χ0n) is 15.7. The standard InChI is InChI=1S/C20H18N4O3S2/c1-12(25)14-8-10-16(11-9-14)21-17(26)13(2)28-20-24-23-19(29-20)22-18(27)15-6-4-3-5-7-15/h3-11,13H,1-2H3,(H,21,26)(H,22,23,27)/t13-/m1/s1. The first-order chi connectivity index (χ1) is 13.9. The minimum atomic E-state index is -0.423. The number of amides is 2. The highest BCUT2D eigenvalue weighted by atomic mass is 32.2. The molecule has 7 nitrogen and oxygen atoms in total. The first-order valence-corrected chi connectivity index (χ1v) is 10.4. The number of benzene rings is 2. The molecule has 0 aliphatic rings. The third-order valence-corrected chi connectivity index (χ3v) is 5.89. The molecule has 9 heteroatoms. The van der Waals surface area contributed by atoms with Crippen molar-refractivity contribution in [3.05, 3.63) is 65.7 Å². The van der Waals surface area contributed by atoms with E-state index in [0.29, 0.717) is 26.3 Å². The SMILES string of the molecule is CC(=O)c1ccc(NC(=O)[C@@H](C)Sc2nnc(NC(=O)c3ccccc3)s2)cc1. The summed E-state index contributed by atoms with van der Waals surface area (Å²) >= 11 is 2.45. The average molecular weight is 427 g/mol. The van der Waals surface area contributed by atoms with E-state index in [1.54, 1.807) is 55.5 Å². The van der Waals surface area contributed by atoms with Crippen molar-refractivity contribution >= 4 is 51.5 Å². The van der Waals surface area contributed by atoms with Crippen molar-refractivity contribution in [3.63, 3.8) is 0 Å². The van der Waals surface area contributed by atoms with E-state index in [9.17, 15) is 14.4 Å². The number of thioether (sulfide) groups is 1. The molecule has 0 aliphatic carbocycles. The molecule has 1 heterocycles. The Balaban J connectivity index is 1.55. The van der Waals surface area contributed by atoms with Crippen LogP contribution in [0.3, 0.4) is 0 Å². The van der Waals surface area contributed by atoms with Gasteiger partial charge in [-0.05, 0) is 50.2 Å². The van der Waals surface area contributed by atoms with E-state index in [2.05, 4.69) is 20.8 Å². The van der Waals surface area contributed by atoms with Gasteiger partial charge in [-0.1, -0.05) is 41.3 Å². The molecule has 0 saturated heterocycles.